The van der Waals surface area contributed by atoms with E-state index in [1.165, 1.54) is 15.8 Å². The van der Waals surface area contributed by atoms with Crippen LogP contribution in [0.2, 0.25) is 0 Å². The monoisotopic (exact) mass is 375 g/mol. The number of amides is 1. The fourth-order valence-corrected chi connectivity index (χ4v) is 5.45. The Morgan fingerprint density at radius 1 is 1.31 bits per heavy atom. The fourth-order valence-electron chi connectivity index (χ4n) is 4.11. The van der Waals surface area contributed by atoms with Crippen molar-refractivity contribution in [3.8, 4) is 0 Å². The summed E-state index contributed by atoms with van der Waals surface area (Å²) >= 11 is 1.64. The number of aromatic nitrogens is 2. The molecular formula is C19H25N3O3S. The molecule has 0 spiro atoms. The molecule has 6 nitrogen and oxygen atoms in total. The van der Waals surface area contributed by atoms with Gasteiger partial charge in [-0.3, -0.25) is 14.2 Å². The van der Waals surface area contributed by atoms with Gasteiger partial charge >= 0.3 is 0 Å². The van der Waals surface area contributed by atoms with Gasteiger partial charge in [-0.1, -0.05) is 6.92 Å². The average molecular weight is 375 g/mol. The maximum absolute atomic E-state index is 13.0. The van der Waals surface area contributed by atoms with E-state index in [1.54, 1.807) is 16.2 Å². The summed E-state index contributed by atoms with van der Waals surface area (Å²) in [6, 6.07) is 0. The smallest absolute Gasteiger partial charge is 0.262 e. The summed E-state index contributed by atoms with van der Waals surface area (Å²) in [5.41, 5.74) is 1.08. The zero-order valence-corrected chi connectivity index (χ0v) is 16.3. The van der Waals surface area contributed by atoms with E-state index < -0.39 is 0 Å². The minimum Gasteiger partial charge on any atom is -0.372 e. The molecule has 7 heteroatoms. The van der Waals surface area contributed by atoms with E-state index in [-0.39, 0.29) is 30.2 Å². The van der Waals surface area contributed by atoms with Crippen molar-refractivity contribution in [3.63, 3.8) is 0 Å². The number of carbonyl (C=O) groups is 1. The second-order valence-electron chi connectivity index (χ2n) is 7.77. The number of rotatable bonds is 2. The first-order valence-electron chi connectivity index (χ1n) is 9.35. The largest absolute Gasteiger partial charge is 0.372 e. The van der Waals surface area contributed by atoms with Gasteiger partial charge in [0, 0.05) is 18.0 Å². The first kappa shape index (κ1) is 17.7. The van der Waals surface area contributed by atoms with E-state index in [4.69, 9.17) is 4.74 Å². The van der Waals surface area contributed by atoms with Crippen molar-refractivity contribution in [1.82, 2.24) is 14.5 Å². The molecule has 2 aromatic heterocycles. The zero-order valence-electron chi connectivity index (χ0n) is 15.5. The van der Waals surface area contributed by atoms with Gasteiger partial charge in [0.15, 0.2) is 0 Å². The van der Waals surface area contributed by atoms with Crippen LogP contribution < -0.4 is 5.56 Å². The van der Waals surface area contributed by atoms with E-state index in [0.717, 1.165) is 35.0 Å². The normalized spacial score (nSPS) is 26.1. The number of morpholine rings is 1. The van der Waals surface area contributed by atoms with Crippen LogP contribution in [0, 0.1) is 5.92 Å². The highest BCUT2D eigenvalue weighted by molar-refractivity contribution is 7.18. The average Bonchev–Trinajstić information content (AvgIpc) is 2.94. The molecule has 1 saturated heterocycles. The molecule has 1 aliphatic heterocycles. The van der Waals surface area contributed by atoms with E-state index >= 15 is 0 Å². The quantitative estimate of drug-likeness (QED) is 0.807. The predicted molar refractivity (Wildman–Crippen MR) is 102 cm³/mol. The summed E-state index contributed by atoms with van der Waals surface area (Å²) in [6.45, 7) is 7.37. The Labute approximate surface area is 156 Å². The van der Waals surface area contributed by atoms with E-state index in [2.05, 4.69) is 11.9 Å². The van der Waals surface area contributed by atoms with Gasteiger partial charge in [0.25, 0.3) is 5.56 Å². The van der Waals surface area contributed by atoms with E-state index in [9.17, 15) is 9.59 Å². The summed E-state index contributed by atoms with van der Waals surface area (Å²) in [4.78, 5) is 34.1. The van der Waals surface area contributed by atoms with Gasteiger partial charge in [-0.15, -0.1) is 11.3 Å². The number of ether oxygens (including phenoxy) is 1. The number of nitrogens with zero attached hydrogens (tertiary/aromatic N) is 3. The van der Waals surface area contributed by atoms with Gasteiger partial charge in [0.1, 0.15) is 11.4 Å². The van der Waals surface area contributed by atoms with Crippen molar-refractivity contribution in [2.24, 2.45) is 5.92 Å². The molecular weight excluding hydrogens is 350 g/mol. The number of aryl methyl sites for hydroxylation is 1. The highest BCUT2D eigenvalue weighted by atomic mass is 32.1. The lowest BCUT2D eigenvalue weighted by Crippen LogP contribution is -2.49. The van der Waals surface area contributed by atoms with Crippen molar-refractivity contribution >= 4 is 27.5 Å². The Bertz CT molecular complexity index is 893. The third-order valence-corrected chi connectivity index (χ3v) is 6.52. The fraction of sp³-hybridized carbons (Fsp3) is 0.632. The molecule has 3 atom stereocenters. The van der Waals surface area contributed by atoms with Crippen molar-refractivity contribution in [1.29, 1.82) is 0 Å². The van der Waals surface area contributed by atoms with Crippen LogP contribution >= 0.6 is 11.3 Å². The van der Waals surface area contributed by atoms with Crippen molar-refractivity contribution in [3.05, 3.63) is 27.1 Å². The first-order chi connectivity index (χ1) is 12.4. The molecule has 3 heterocycles. The Hall–Kier alpha value is -1.73. The highest BCUT2D eigenvalue weighted by Gasteiger charge is 2.27. The first-order valence-corrected chi connectivity index (χ1v) is 10.2. The molecule has 0 N–H and O–H groups in total. The van der Waals surface area contributed by atoms with Gasteiger partial charge in [-0.05, 0) is 44.6 Å². The molecule has 1 amide bonds. The molecule has 4 rings (SSSR count). The van der Waals surface area contributed by atoms with Crippen molar-refractivity contribution in [2.45, 2.75) is 58.8 Å². The van der Waals surface area contributed by atoms with Crippen LogP contribution in [0.25, 0.3) is 10.2 Å². The van der Waals surface area contributed by atoms with Gasteiger partial charge in [0.05, 0.1) is 23.9 Å². The Kier molecular flexibility index (Phi) is 4.61. The topological polar surface area (TPSA) is 64.4 Å². The molecule has 140 valence electrons. The maximum atomic E-state index is 13.0. The van der Waals surface area contributed by atoms with Gasteiger partial charge in [0.2, 0.25) is 5.91 Å². The third-order valence-electron chi connectivity index (χ3n) is 5.36. The van der Waals surface area contributed by atoms with E-state index in [0.29, 0.717) is 19.0 Å². The molecule has 0 saturated carbocycles. The number of hydrogen-bond acceptors (Lipinski definition) is 5. The molecule has 2 aromatic rings. The minimum atomic E-state index is -0.0789. The highest BCUT2D eigenvalue weighted by Crippen LogP contribution is 2.35. The predicted octanol–water partition coefficient (Wildman–Crippen LogP) is 2.22. The standard InChI is InChI=1S/C19H25N3O3S/c1-11-4-5-14-15(6-11)26-18-17(14)19(24)22(10-20-18)9-16(23)21-7-12(2)25-13(3)8-21/h10-13H,4-9H2,1-3H3. The van der Waals surface area contributed by atoms with Gasteiger partial charge in [-0.25, -0.2) is 4.98 Å². The Balaban J connectivity index is 1.62. The summed E-state index contributed by atoms with van der Waals surface area (Å²) in [5, 5.41) is 0.732. The van der Waals surface area contributed by atoms with Crippen LogP contribution in [0.3, 0.4) is 0 Å². The molecule has 3 unspecified atom stereocenters. The van der Waals surface area contributed by atoms with Crippen molar-refractivity contribution in [2.75, 3.05) is 13.1 Å². The van der Waals surface area contributed by atoms with E-state index in [1.807, 2.05) is 13.8 Å². The van der Waals surface area contributed by atoms with Crippen LogP contribution in [0.15, 0.2) is 11.1 Å². The van der Waals surface area contributed by atoms with Crippen LogP contribution in [-0.4, -0.2) is 45.7 Å². The number of carbonyl (C=O) groups excluding carboxylic acids is 1. The lowest BCUT2D eigenvalue weighted by atomic mass is 9.89. The van der Waals surface area contributed by atoms with Crippen molar-refractivity contribution < 1.29 is 9.53 Å². The van der Waals surface area contributed by atoms with Crippen LogP contribution in [0.4, 0.5) is 0 Å². The number of thiophene rings is 1. The Morgan fingerprint density at radius 2 is 2.04 bits per heavy atom. The summed E-state index contributed by atoms with van der Waals surface area (Å²) in [7, 11) is 0. The SMILES string of the molecule is CC1CCc2c(sc3ncn(CC(=O)N4CC(C)OC(C)C4)c(=O)c23)C1. The lowest BCUT2D eigenvalue weighted by molar-refractivity contribution is -0.143. The second-order valence-corrected chi connectivity index (χ2v) is 8.85. The summed E-state index contributed by atoms with van der Waals surface area (Å²) < 4.78 is 7.16. The maximum Gasteiger partial charge on any atom is 0.262 e. The molecule has 0 aromatic carbocycles. The van der Waals surface area contributed by atoms with Gasteiger partial charge in [-0.2, -0.15) is 0 Å². The third kappa shape index (κ3) is 3.18. The summed E-state index contributed by atoms with van der Waals surface area (Å²) in [5.74, 6) is 0.609. The summed E-state index contributed by atoms with van der Waals surface area (Å²) in [6.07, 6.45) is 4.64. The molecule has 26 heavy (non-hydrogen) atoms. The van der Waals surface area contributed by atoms with Crippen LogP contribution in [0.5, 0.6) is 0 Å². The molecule has 1 fully saturated rings. The number of hydrogen-bond donors (Lipinski definition) is 0. The van der Waals surface area contributed by atoms with Gasteiger partial charge < -0.3 is 9.64 Å². The second kappa shape index (κ2) is 6.78. The Morgan fingerprint density at radius 3 is 2.77 bits per heavy atom. The molecule has 1 aliphatic carbocycles. The minimum absolute atomic E-state index is 0.0194. The zero-order chi connectivity index (χ0) is 18.4. The van der Waals surface area contributed by atoms with Crippen LogP contribution in [0.1, 0.15) is 37.6 Å². The number of fused-ring (bicyclic) bond motifs is 3. The molecule has 0 radical (unpaired) electrons. The van der Waals surface area contributed by atoms with Crippen LogP contribution in [-0.2, 0) is 28.9 Å². The lowest BCUT2D eigenvalue weighted by Gasteiger charge is -2.35. The molecule has 0 bridgehead atoms. The molecule has 2 aliphatic rings.